The van der Waals surface area contributed by atoms with Crippen molar-refractivity contribution in [3.05, 3.63) is 59.5 Å². The van der Waals surface area contributed by atoms with Crippen LogP contribution in [0.3, 0.4) is 0 Å². The Morgan fingerprint density at radius 3 is 2.70 bits per heavy atom. The number of aryl methyl sites for hydroxylation is 1. The molecule has 0 saturated carbocycles. The summed E-state index contributed by atoms with van der Waals surface area (Å²) in [7, 11) is 1.54. The second kappa shape index (κ2) is 6.00. The number of aldehydes is 1. The van der Waals surface area contributed by atoms with Gasteiger partial charge in [0, 0.05) is 5.56 Å². The topological polar surface area (TPSA) is 57.0 Å². The van der Waals surface area contributed by atoms with E-state index >= 15 is 0 Å². The third-order valence-corrected chi connectivity index (χ3v) is 3.50. The summed E-state index contributed by atoms with van der Waals surface area (Å²) in [5.74, 6) is 0.0984. The predicted octanol–water partition coefficient (Wildman–Crippen LogP) is 3.20. The minimum atomic E-state index is -0.453. The summed E-state index contributed by atoms with van der Waals surface area (Å²) >= 11 is 0. The minimum Gasteiger partial charge on any atom is -0.494 e. The van der Waals surface area contributed by atoms with Gasteiger partial charge in [0.1, 0.15) is 22.9 Å². The molecule has 0 unspecified atom stereocenters. The molecule has 0 aliphatic rings. The van der Waals surface area contributed by atoms with Crippen LogP contribution in [0.5, 0.6) is 5.75 Å². The highest BCUT2D eigenvalue weighted by molar-refractivity contribution is 5.84. The molecule has 116 valence electrons. The number of nitrogens with zero attached hydrogens (tertiary/aromatic N) is 3. The highest BCUT2D eigenvalue weighted by atomic mass is 19.1. The normalized spacial score (nSPS) is 10.6. The van der Waals surface area contributed by atoms with Gasteiger partial charge in [-0.05, 0) is 36.8 Å². The minimum absolute atomic E-state index is 0.0682. The van der Waals surface area contributed by atoms with E-state index in [0.29, 0.717) is 23.4 Å². The molecule has 2 aromatic carbocycles. The predicted molar refractivity (Wildman–Crippen MR) is 83.4 cm³/mol. The molecule has 0 bridgehead atoms. The number of benzene rings is 2. The van der Waals surface area contributed by atoms with Gasteiger partial charge in [-0.1, -0.05) is 23.4 Å². The lowest BCUT2D eigenvalue weighted by Crippen LogP contribution is -2.04. The molecular formula is C17H14FN3O2. The molecular weight excluding hydrogens is 297 g/mol. The average Bonchev–Trinajstić information content (AvgIpc) is 2.99. The molecule has 0 aliphatic heterocycles. The molecule has 0 spiro atoms. The third-order valence-electron chi connectivity index (χ3n) is 3.50. The number of rotatable bonds is 4. The van der Waals surface area contributed by atoms with Gasteiger partial charge in [-0.15, -0.1) is 5.10 Å². The van der Waals surface area contributed by atoms with Crippen LogP contribution in [0.4, 0.5) is 4.39 Å². The van der Waals surface area contributed by atoms with E-state index in [1.807, 2.05) is 19.1 Å². The van der Waals surface area contributed by atoms with E-state index in [4.69, 9.17) is 4.74 Å². The van der Waals surface area contributed by atoms with Gasteiger partial charge < -0.3 is 4.74 Å². The molecule has 0 fully saturated rings. The smallest absolute Gasteiger partial charge is 0.172 e. The summed E-state index contributed by atoms with van der Waals surface area (Å²) in [4.78, 5) is 11.3. The lowest BCUT2D eigenvalue weighted by atomic mass is 10.1. The summed E-state index contributed by atoms with van der Waals surface area (Å²) in [6.07, 6.45) is 0.563. The largest absolute Gasteiger partial charge is 0.494 e. The first kappa shape index (κ1) is 14.9. The van der Waals surface area contributed by atoms with Crippen molar-refractivity contribution in [2.45, 2.75) is 6.92 Å². The zero-order chi connectivity index (χ0) is 16.4. The molecule has 6 heteroatoms. The van der Waals surface area contributed by atoms with Crippen LogP contribution in [0.1, 0.15) is 16.1 Å². The van der Waals surface area contributed by atoms with Crippen LogP contribution in [0, 0.1) is 12.7 Å². The first-order valence-electron chi connectivity index (χ1n) is 6.96. The van der Waals surface area contributed by atoms with E-state index in [1.54, 1.807) is 24.3 Å². The second-order valence-electron chi connectivity index (χ2n) is 5.01. The molecule has 0 saturated heterocycles. The quantitative estimate of drug-likeness (QED) is 0.694. The molecule has 0 aliphatic carbocycles. The summed E-state index contributed by atoms with van der Waals surface area (Å²) in [5.41, 5.74) is 2.18. The van der Waals surface area contributed by atoms with Gasteiger partial charge in [-0.2, -0.15) is 0 Å². The Balaban J connectivity index is 2.31. The zero-order valence-electron chi connectivity index (χ0n) is 12.7. The van der Waals surface area contributed by atoms with Crippen molar-refractivity contribution in [2.75, 3.05) is 7.11 Å². The molecule has 0 N–H and O–H groups in total. The Kier molecular flexibility index (Phi) is 3.89. The average molecular weight is 311 g/mol. The summed E-state index contributed by atoms with van der Waals surface area (Å²) in [6.45, 7) is 1.92. The first-order chi connectivity index (χ1) is 11.2. The molecule has 0 radical (unpaired) electrons. The van der Waals surface area contributed by atoms with Crippen LogP contribution < -0.4 is 4.74 Å². The van der Waals surface area contributed by atoms with E-state index < -0.39 is 5.82 Å². The lowest BCUT2D eigenvalue weighted by Gasteiger charge is -2.12. The lowest BCUT2D eigenvalue weighted by molar-refractivity contribution is 0.111. The van der Waals surface area contributed by atoms with Gasteiger partial charge in [-0.3, -0.25) is 4.79 Å². The monoisotopic (exact) mass is 311 g/mol. The fourth-order valence-corrected chi connectivity index (χ4v) is 2.41. The fraction of sp³-hybridized carbons (Fsp3) is 0.118. The molecule has 0 atom stereocenters. The molecule has 3 rings (SSSR count). The Hall–Kier alpha value is -3.02. The molecule has 1 aromatic heterocycles. The SMILES string of the molecule is COc1ccc(C)cc1-n1nnc(C=O)c1-c1ccccc1F. The number of ether oxygens (including phenoxy) is 1. The van der Waals surface area contributed by atoms with Crippen LogP contribution in [0.15, 0.2) is 42.5 Å². The Bertz CT molecular complexity index is 874. The van der Waals surface area contributed by atoms with Crippen molar-refractivity contribution < 1.29 is 13.9 Å². The van der Waals surface area contributed by atoms with Crippen molar-refractivity contribution in [2.24, 2.45) is 0 Å². The van der Waals surface area contributed by atoms with E-state index in [-0.39, 0.29) is 11.3 Å². The third kappa shape index (κ3) is 2.59. The maximum atomic E-state index is 14.2. The van der Waals surface area contributed by atoms with Gasteiger partial charge in [0.05, 0.1) is 7.11 Å². The first-order valence-corrected chi connectivity index (χ1v) is 6.96. The Morgan fingerprint density at radius 2 is 2.00 bits per heavy atom. The Morgan fingerprint density at radius 1 is 1.22 bits per heavy atom. The van der Waals surface area contributed by atoms with Crippen molar-refractivity contribution in [3.63, 3.8) is 0 Å². The van der Waals surface area contributed by atoms with Gasteiger partial charge in [0.25, 0.3) is 0 Å². The maximum absolute atomic E-state index is 14.2. The molecule has 3 aromatic rings. The van der Waals surface area contributed by atoms with Crippen LogP contribution in [-0.2, 0) is 0 Å². The maximum Gasteiger partial charge on any atom is 0.172 e. The molecule has 23 heavy (non-hydrogen) atoms. The molecule has 0 amide bonds. The van der Waals surface area contributed by atoms with E-state index in [1.165, 1.54) is 17.9 Å². The number of methoxy groups -OCH3 is 1. The van der Waals surface area contributed by atoms with Gasteiger partial charge in [-0.25, -0.2) is 9.07 Å². The van der Waals surface area contributed by atoms with E-state index in [9.17, 15) is 9.18 Å². The van der Waals surface area contributed by atoms with Gasteiger partial charge in [0.15, 0.2) is 12.0 Å². The summed E-state index contributed by atoms with van der Waals surface area (Å²) in [6, 6.07) is 11.7. The summed E-state index contributed by atoms with van der Waals surface area (Å²) < 4.78 is 21.0. The summed E-state index contributed by atoms with van der Waals surface area (Å²) in [5, 5.41) is 7.87. The van der Waals surface area contributed by atoms with Crippen molar-refractivity contribution >= 4 is 6.29 Å². The zero-order valence-corrected chi connectivity index (χ0v) is 12.7. The molecule has 5 nitrogen and oxygen atoms in total. The number of hydrogen-bond donors (Lipinski definition) is 0. The Labute approximate surface area is 132 Å². The number of aromatic nitrogens is 3. The van der Waals surface area contributed by atoms with Crippen molar-refractivity contribution in [1.29, 1.82) is 0 Å². The van der Waals surface area contributed by atoms with Crippen molar-refractivity contribution in [3.8, 4) is 22.7 Å². The fourth-order valence-electron chi connectivity index (χ4n) is 2.41. The van der Waals surface area contributed by atoms with Crippen molar-refractivity contribution in [1.82, 2.24) is 15.0 Å². The number of carbonyl (C=O) groups is 1. The van der Waals surface area contributed by atoms with Crippen LogP contribution in [-0.4, -0.2) is 28.4 Å². The molecule has 1 heterocycles. The van der Waals surface area contributed by atoms with Gasteiger partial charge in [0.2, 0.25) is 0 Å². The van der Waals surface area contributed by atoms with Gasteiger partial charge >= 0.3 is 0 Å². The number of carbonyl (C=O) groups excluding carboxylic acids is 1. The second-order valence-corrected chi connectivity index (χ2v) is 5.01. The van der Waals surface area contributed by atoms with E-state index in [2.05, 4.69) is 10.3 Å². The highest BCUT2D eigenvalue weighted by Crippen LogP contribution is 2.31. The van der Waals surface area contributed by atoms with Crippen LogP contribution >= 0.6 is 0 Å². The van der Waals surface area contributed by atoms with Crippen LogP contribution in [0.25, 0.3) is 16.9 Å². The van der Waals surface area contributed by atoms with Crippen LogP contribution in [0.2, 0.25) is 0 Å². The highest BCUT2D eigenvalue weighted by Gasteiger charge is 2.20. The number of halogens is 1. The standard InChI is InChI=1S/C17H14FN3O2/c1-11-7-8-16(23-2)15(9-11)21-17(14(10-22)19-20-21)12-5-3-4-6-13(12)18/h3-10H,1-2H3. The van der Waals surface area contributed by atoms with E-state index in [0.717, 1.165) is 5.56 Å². The number of hydrogen-bond acceptors (Lipinski definition) is 4.